The normalized spacial score (nSPS) is 11.9. The summed E-state index contributed by atoms with van der Waals surface area (Å²) in [5, 5.41) is 4.31. The van der Waals surface area contributed by atoms with Gasteiger partial charge in [-0.15, -0.1) is 0 Å². The smallest absolute Gasteiger partial charge is 0.0598 e. The SMILES string of the molecule is CNCCC=C(C)c1ccc(Cl)c(Cl)c1. The first kappa shape index (κ1) is 12.6. The summed E-state index contributed by atoms with van der Waals surface area (Å²) in [5.41, 5.74) is 2.35. The minimum atomic E-state index is 0.600. The highest BCUT2D eigenvalue weighted by atomic mass is 35.5. The lowest BCUT2D eigenvalue weighted by Gasteiger charge is -2.03. The van der Waals surface area contributed by atoms with Crippen LogP contribution >= 0.6 is 23.2 Å². The Morgan fingerprint density at radius 2 is 2.07 bits per heavy atom. The quantitative estimate of drug-likeness (QED) is 0.789. The predicted octanol–water partition coefficient (Wildman–Crippen LogP) is 4.01. The lowest BCUT2D eigenvalue weighted by atomic mass is 10.1. The average molecular weight is 244 g/mol. The van der Waals surface area contributed by atoms with Crippen molar-refractivity contribution in [2.24, 2.45) is 0 Å². The Labute approximate surface area is 101 Å². The van der Waals surface area contributed by atoms with Gasteiger partial charge in [0.1, 0.15) is 0 Å². The van der Waals surface area contributed by atoms with Crippen LogP contribution in [0.5, 0.6) is 0 Å². The molecular formula is C12H15Cl2N. The Hall–Kier alpha value is -0.500. The molecule has 0 unspecified atom stereocenters. The highest BCUT2D eigenvalue weighted by Crippen LogP contribution is 2.25. The summed E-state index contributed by atoms with van der Waals surface area (Å²) in [5.74, 6) is 0. The molecule has 0 amide bonds. The maximum atomic E-state index is 5.95. The van der Waals surface area contributed by atoms with Gasteiger partial charge in [-0.25, -0.2) is 0 Å². The number of allylic oxidation sites excluding steroid dienone is 1. The van der Waals surface area contributed by atoms with Crippen molar-refractivity contribution in [3.63, 3.8) is 0 Å². The van der Waals surface area contributed by atoms with Gasteiger partial charge in [-0.05, 0) is 50.2 Å². The van der Waals surface area contributed by atoms with Crippen LogP contribution in [0.1, 0.15) is 18.9 Å². The first-order valence-electron chi connectivity index (χ1n) is 4.92. The third kappa shape index (κ3) is 3.86. The second kappa shape index (κ2) is 6.16. The van der Waals surface area contributed by atoms with E-state index in [1.54, 1.807) is 0 Å². The molecule has 0 aliphatic rings. The minimum Gasteiger partial charge on any atom is -0.319 e. The van der Waals surface area contributed by atoms with Crippen molar-refractivity contribution >= 4 is 28.8 Å². The van der Waals surface area contributed by atoms with Gasteiger partial charge in [0.2, 0.25) is 0 Å². The Morgan fingerprint density at radius 1 is 1.33 bits per heavy atom. The lowest BCUT2D eigenvalue weighted by molar-refractivity contribution is 0.808. The molecule has 0 bridgehead atoms. The van der Waals surface area contributed by atoms with Crippen LogP contribution in [0.3, 0.4) is 0 Å². The van der Waals surface area contributed by atoms with Gasteiger partial charge in [0.05, 0.1) is 10.0 Å². The van der Waals surface area contributed by atoms with Gasteiger partial charge in [0.25, 0.3) is 0 Å². The molecule has 1 aromatic carbocycles. The average Bonchev–Trinajstić information content (AvgIpc) is 2.22. The summed E-state index contributed by atoms with van der Waals surface area (Å²) in [6.45, 7) is 3.06. The van der Waals surface area contributed by atoms with E-state index in [1.165, 1.54) is 5.57 Å². The van der Waals surface area contributed by atoms with E-state index in [-0.39, 0.29) is 0 Å². The molecule has 0 heterocycles. The van der Waals surface area contributed by atoms with Crippen molar-refractivity contribution in [1.82, 2.24) is 5.32 Å². The van der Waals surface area contributed by atoms with Crippen LogP contribution in [-0.2, 0) is 0 Å². The molecule has 0 saturated heterocycles. The van der Waals surface area contributed by atoms with Crippen LogP contribution in [0.25, 0.3) is 5.57 Å². The topological polar surface area (TPSA) is 12.0 Å². The van der Waals surface area contributed by atoms with E-state index in [0.717, 1.165) is 18.5 Å². The molecule has 0 atom stereocenters. The zero-order valence-corrected chi connectivity index (χ0v) is 10.5. The first-order chi connectivity index (χ1) is 7.15. The maximum absolute atomic E-state index is 5.95. The van der Waals surface area contributed by atoms with Crippen LogP contribution in [0.4, 0.5) is 0 Å². The van der Waals surface area contributed by atoms with Crippen LogP contribution in [-0.4, -0.2) is 13.6 Å². The molecule has 0 radical (unpaired) electrons. The molecule has 82 valence electrons. The molecule has 15 heavy (non-hydrogen) atoms. The summed E-state index contributed by atoms with van der Waals surface area (Å²) >= 11 is 11.8. The molecule has 3 heteroatoms. The van der Waals surface area contributed by atoms with E-state index in [1.807, 2.05) is 25.2 Å². The molecule has 1 aromatic rings. The van der Waals surface area contributed by atoms with Crippen LogP contribution in [0.15, 0.2) is 24.3 Å². The zero-order valence-electron chi connectivity index (χ0n) is 8.98. The van der Waals surface area contributed by atoms with E-state index in [9.17, 15) is 0 Å². The minimum absolute atomic E-state index is 0.600. The second-order valence-electron chi connectivity index (χ2n) is 3.41. The predicted molar refractivity (Wildman–Crippen MR) is 68.7 cm³/mol. The third-order valence-corrected chi connectivity index (χ3v) is 2.96. The molecule has 0 saturated carbocycles. The Bertz CT molecular complexity index is 359. The largest absolute Gasteiger partial charge is 0.319 e. The molecule has 0 fully saturated rings. The Balaban J connectivity index is 2.77. The van der Waals surface area contributed by atoms with Crippen molar-refractivity contribution in [1.29, 1.82) is 0 Å². The van der Waals surface area contributed by atoms with Gasteiger partial charge in [0.15, 0.2) is 0 Å². The zero-order chi connectivity index (χ0) is 11.3. The van der Waals surface area contributed by atoms with Crippen LogP contribution in [0.2, 0.25) is 10.0 Å². The summed E-state index contributed by atoms with van der Waals surface area (Å²) in [6, 6.07) is 5.71. The summed E-state index contributed by atoms with van der Waals surface area (Å²) in [6.07, 6.45) is 3.21. The van der Waals surface area contributed by atoms with Crippen molar-refractivity contribution in [2.75, 3.05) is 13.6 Å². The summed E-state index contributed by atoms with van der Waals surface area (Å²) < 4.78 is 0. The number of rotatable bonds is 4. The van der Waals surface area contributed by atoms with Gasteiger partial charge < -0.3 is 5.32 Å². The van der Waals surface area contributed by atoms with Crippen molar-refractivity contribution in [3.05, 3.63) is 39.9 Å². The fraction of sp³-hybridized carbons (Fsp3) is 0.333. The van der Waals surface area contributed by atoms with E-state index >= 15 is 0 Å². The number of benzene rings is 1. The highest BCUT2D eigenvalue weighted by molar-refractivity contribution is 6.42. The molecule has 1 nitrogen and oxygen atoms in total. The van der Waals surface area contributed by atoms with Gasteiger partial charge >= 0.3 is 0 Å². The van der Waals surface area contributed by atoms with Gasteiger partial charge in [-0.2, -0.15) is 0 Å². The van der Waals surface area contributed by atoms with Crippen molar-refractivity contribution in [2.45, 2.75) is 13.3 Å². The molecule has 0 aromatic heterocycles. The van der Waals surface area contributed by atoms with E-state index in [2.05, 4.69) is 18.3 Å². The number of nitrogens with one attached hydrogen (secondary N) is 1. The third-order valence-electron chi connectivity index (χ3n) is 2.22. The number of hydrogen-bond acceptors (Lipinski definition) is 1. The molecule has 1 N–H and O–H groups in total. The van der Waals surface area contributed by atoms with Gasteiger partial charge in [0, 0.05) is 0 Å². The molecule has 0 spiro atoms. The van der Waals surface area contributed by atoms with Crippen LogP contribution < -0.4 is 5.32 Å². The van der Waals surface area contributed by atoms with Gasteiger partial charge in [-0.1, -0.05) is 35.3 Å². The second-order valence-corrected chi connectivity index (χ2v) is 4.22. The molecule has 0 aliphatic carbocycles. The molecular weight excluding hydrogens is 229 g/mol. The maximum Gasteiger partial charge on any atom is 0.0598 e. The highest BCUT2D eigenvalue weighted by Gasteiger charge is 2.00. The fourth-order valence-electron chi connectivity index (χ4n) is 1.29. The van der Waals surface area contributed by atoms with E-state index in [4.69, 9.17) is 23.2 Å². The standard InChI is InChI=1S/C12H15Cl2N/c1-9(4-3-7-15-2)10-5-6-11(13)12(14)8-10/h4-6,8,15H,3,7H2,1-2H3. The first-order valence-corrected chi connectivity index (χ1v) is 5.67. The van der Waals surface area contributed by atoms with E-state index in [0.29, 0.717) is 10.0 Å². The molecule has 0 aliphatic heterocycles. The number of halogens is 2. The van der Waals surface area contributed by atoms with Gasteiger partial charge in [-0.3, -0.25) is 0 Å². The van der Waals surface area contributed by atoms with Crippen LogP contribution in [0, 0.1) is 0 Å². The fourth-order valence-corrected chi connectivity index (χ4v) is 1.59. The Kier molecular flexibility index (Phi) is 5.16. The summed E-state index contributed by atoms with van der Waals surface area (Å²) in [7, 11) is 1.95. The monoisotopic (exact) mass is 243 g/mol. The lowest BCUT2D eigenvalue weighted by Crippen LogP contribution is -2.05. The Morgan fingerprint density at radius 3 is 2.67 bits per heavy atom. The van der Waals surface area contributed by atoms with Crippen molar-refractivity contribution in [3.8, 4) is 0 Å². The number of hydrogen-bond donors (Lipinski definition) is 1. The van der Waals surface area contributed by atoms with E-state index < -0.39 is 0 Å². The molecule has 1 rings (SSSR count). The summed E-state index contributed by atoms with van der Waals surface area (Å²) in [4.78, 5) is 0. The van der Waals surface area contributed by atoms with Crippen molar-refractivity contribution < 1.29 is 0 Å².